The molecule has 1 aliphatic carbocycles. The number of benzene rings is 1. The van der Waals surface area contributed by atoms with Gasteiger partial charge in [0.25, 0.3) is 5.91 Å². The molecule has 5 nitrogen and oxygen atoms in total. The summed E-state index contributed by atoms with van der Waals surface area (Å²) < 4.78 is 0. The highest BCUT2D eigenvalue weighted by atomic mass is 16.2. The van der Waals surface area contributed by atoms with Gasteiger partial charge < -0.3 is 10.6 Å². The molecule has 2 aliphatic rings. The van der Waals surface area contributed by atoms with Crippen molar-refractivity contribution in [1.29, 1.82) is 0 Å². The van der Waals surface area contributed by atoms with Gasteiger partial charge in [0.1, 0.15) is 0 Å². The van der Waals surface area contributed by atoms with Crippen molar-refractivity contribution in [1.82, 2.24) is 10.6 Å². The maximum absolute atomic E-state index is 12.3. The van der Waals surface area contributed by atoms with Crippen molar-refractivity contribution in [2.24, 2.45) is 11.8 Å². The second-order valence-corrected chi connectivity index (χ2v) is 5.76. The van der Waals surface area contributed by atoms with E-state index in [0.717, 1.165) is 18.4 Å². The van der Waals surface area contributed by atoms with E-state index in [9.17, 15) is 14.4 Å². The zero-order valence-electron chi connectivity index (χ0n) is 11.7. The van der Waals surface area contributed by atoms with E-state index in [4.69, 9.17) is 0 Å². The molecule has 1 unspecified atom stereocenters. The quantitative estimate of drug-likeness (QED) is 0.771. The Morgan fingerprint density at radius 1 is 1.19 bits per heavy atom. The van der Waals surface area contributed by atoms with Crippen LogP contribution in [0.3, 0.4) is 0 Å². The molecule has 1 saturated carbocycles. The van der Waals surface area contributed by atoms with Gasteiger partial charge in [0, 0.05) is 12.6 Å². The number of amides is 2. The molecule has 3 rings (SSSR count). The van der Waals surface area contributed by atoms with Gasteiger partial charge in [0.15, 0.2) is 0 Å². The van der Waals surface area contributed by atoms with Gasteiger partial charge >= 0.3 is 0 Å². The SMILES string of the molecule is O=C(NC1CC1)C(=O)C1CNC(=O)[C@@H]1Cc1ccccc1. The van der Waals surface area contributed by atoms with E-state index >= 15 is 0 Å². The van der Waals surface area contributed by atoms with Crippen molar-refractivity contribution < 1.29 is 14.4 Å². The van der Waals surface area contributed by atoms with E-state index in [1.807, 2.05) is 30.3 Å². The maximum atomic E-state index is 12.3. The summed E-state index contributed by atoms with van der Waals surface area (Å²) in [7, 11) is 0. The minimum absolute atomic E-state index is 0.142. The van der Waals surface area contributed by atoms with E-state index < -0.39 is 23.5 Å². The van der Waals surface area contributed by atoms with E-state index in [0.29, 0.717) is 6.42 Å². The Bertz CT molecular complexity index is 566. The van der Waals surface area contributed by atoms with Crippen LogP contribution in [0.15, 0.2) is 30.3 Å². The summed E-state index contributed by atoms with van der Waals surface area (Å²) in [5, 5.41) is 5.41. The molecule has 0 aromatic heterocycles. The van der Waals surface area contributed by atoms with E-state index in [-0.39, 0.29) is 18.5 Å². The first kappa shape index (κ1) is 13.8. The molecule has 2 atom stereocenters. The number of carbonyl (C=O) groups is 3. The van der Waals surface area contributed by atoms with Crippen molar-refractivity contribution in [3.63, 3.8) is 0 Å². The number of Topliss-reactive ketones (excluding diaryl/α,β-unsaturated/α-hetero) is 1. The molecule has 1 heterocycles. The summed E-state index contributed by atoms with van der Waals surface area (Å²) in [6.45, 7) is 0.257. The monoisotopic (exact) mass is 286 g/mol. The lowest BCUT2D eigenvalue weighted by molar-refractivity contribution is -0.141. The Morgan fingerprint density at radius 2 is 1.90 bits per heavy atom. The van der Waals surface area contributed by atoms with Crippen LogP contribution in [0.5, 0.6) is 0 Å². The van der Waals surface area contributed by atoms with E-state index in [1.165, 1.54) is 0 Å². The lowest BCUT2D eigenvalue weighted by atomic mass is 9.86. The molecular weight excluding hydrogens is 268 g/mol. The first-order valence-corrected chi connectivity index (χ1v) is 7.31. The van der Waals surface area contributed by atoms with E-state index in [2.05, 4.69) is 10.6 Å². The zero-order chi connectivity index (χ0) is 14.8. The third kappa shape index (κ3) is 3.12. The van der Waals surface area contributed by atoms with Gasteiger partial charge in [-0.3, -0.25) is 14.4 Å². The van der Waals surface area contributed by atoms with Gasteiger partial charge in [-0.1, -0.05) is 30.3 Å². The summed E-state index contributed by atoms with van der Waals surface area (Å²) >= 11 is 0. The normalized spacial score (nSPS) is 24.5. The Morgan fingerprint density at radius 3 is 2.57 bits per heavy atom. The topological polar surface area (TPSA) is 75.3 Å². The fourth-order valence-corrected chi connectivity index (χ4v) is 2.70. The predicted molar refractivity (Wildman–Crippen MR) is 76.3 cm³/mol. The van der Waals surface area contributed by atoms with Gasteiger partial charge in [-0.15, -0.1) is 0 Å². The lowest BCUT2D eigenvalue weighted by Gasteiger charge is -2.15. The molecule has 2 amide bonds. The summed E-state index contributed by atoms with van der Waals surface area (Å²) in [6, 6.07) is 9.72. The highest BCUT2D eigenvalue weighted by Crippen LogP contribution is 2.24. The third-order valence-electron chi connectivity index (χ3n) is 4.09. The van der Waals surface area contributed by atoms with Gasteiger partial charge in [0.2, 0.25) is 11.7 Å². The minimum atomic E-state index is -0.559. The number of nitrogens with one attached hydrogen (secondary N) is 2. The predicted octanol–water partition coefficient (Wildman–Crippen LogP) is 0.439. The van der Waals surface area contributed by atoms with Crippen LogP contribution in [0.1, 0.15) is 18.4 Å². The maximum Gasteiger partial charge on any atom is 0.287 e. The standard InChI is InChI=1S/C16H18N2O3/c19-14(16(21)18-11-6-7-11)13-9-17-15(20)12(13)8-10-4-2-1-3-5-10/h1-5,11-13H,6-9H2,(H,17,20)(H,18,21)/t12-,13?/m1/s1. The summed E-state index contributed by atoms with van der Waals surface area (Å²) in [5.74, 6) is -2.17. The van der Waals surface area contributed by atoms with Crippen LogP contribution in [0.4, 0.5) is 0 Å². The van der Waals surface area contributed by atoms with Crippen LogP contribution in [0.25, 0.3) is 0 Å². The molecule has 1 saturated heterocycles. The average molecular weight is 286 g/mol. The van der Waals surface area contributed by atoms with E-state index in [1.54, 1.807) is 0 Å². The van der Waals surface area contributed by atoms with Crippen molar-refractivity contribution in [3.8, 4) is 0 Å². The van der Waals surface area contributed by atoms with Crippen molar-refractivity contribution >= 4 is 17.6 Å². The number of hydrogen-bond donors (Lipinski definition) is 2. The fourth-order valence-electron chi connectivity index (χ4n) is 2.70. The van der Waals surface area contributed by atoms with Gasteiger partial charge in [0.05, 0.1) is 11.8 Å². The highest BCUT2D eigenvalue weighted by molar-refractivity contribution is 6.37. The Labute approximate surface area is 123 Å². The first-order valence-electron chi connectivity index (χ1n) is 7.31. The molecule has 0 spiro atoms. The van der Waals surface area contributed by atoms with Gasteiger partial charge in [-0.2, -0.15) is 0 Å². The lowest BCUT2D eigenvalue weighted by Crippen LogP contribution is -2.39. The molecule has 0 bridgehead atoms. The van der Waals surface area contributed by atoms with Crippen LogP contribution in [0.2, 0.25) is 0 Å². The Kier molecular flexibility index (Phi) is 3.73. The highest BCUT2D eigenvalue weighted by Gasteiger charge is 2.42. The van der Waals surface area contributed by atoms with Crippen LogP contribution < -0.4 is 10.6 Å². The minimum Gasteiger partial charge on any atom is -0.355 e. The number of ketones is 1. The van der Waals surface area contributed by atoms with Crippen LogP contribution >= 0.6 is 0 Å². The van der Waals surface area contributed by atoms with Crippen molar-refractivity contribution in [3.05, 3.63) is 35.9 Å². The van der Waals surface area contributed by atoms with Crippen molar-refractivity contribution in [2.75, 3.05) is 6.54 Å². The molecule has 110 valence electrons. The number of rotatable bonds is 5. The number of hydrogen-bond acceptors (Lipinski definition) is 3. The van der Waals surface area contributed by atoms with Gasteiger partial charge in [-0.25, -0.2) is 0 Å². The smallest absolute Gasteiger partial charge is 0.287 e. The summed E-state index contributed by atoms with van der Waals surface area (Å²) in [4.78, 5) is 36.1. The molecule has 1 aliphatic heterocycles. The second-order valence-electron chi connectivity index (χ2n) is 5.76. The average Bonchev–Trinajstić information content (AvgIpc) is 3.23. The molecule has 0 radical (unpaired) electrons. The van der Waals surface area contributed by atoms with Crippen LogP contribution in [0, 0.1) is 11.8 Å². The number of carbonyl (C=O) groups excluding carboxylic acids is 3. The second kappa shape index (κ2) is 5.68. The van der Waals surface area contributed by atoms with Gasteiger partial charge in [-0.05, 0) is 24.8 Å². The summed E-state index contributed by atoms with van der Waals surface area (Å²) in [5.41, 5.74) is 1.000. The molecular formula is C16H18N2O3. The molecule has 1 aromatic rings. The van der Waals surface area contributed by atoms with Crippen LogP contribution in [-0.4, -0.2) is 30.2 Å². The zero-order valence-corrected chi connectivity index (χ0v) is 11.7. The third-order valence-corrected chi connectivity index (χ3v) is 4.09. The van der Waals surface area contributed by atoms with Crippen LogP contribution in [-0.2, 0) is 20.8 Å². The molecule has 2 N–H and O–H groups in total. The Balaban J connectivity index is 1.69. The summed E-state index contributed by atoms with van der Waals surface area (Å²) in [6.07, 6.45) is 2.36. The first-order chi connectivity index (χ1) is 10.1. The molecule has 1 aromatic carbocycles. The fraction of sp³-hybridized carbons (Fsp3) is 0.438. The molecule has 5 heteroatoms. The molecule has 21 heavy (non-hydrogen) atoms. The molecule has 2 fully saturated rings. The largest absolute Gasteiger partial charge is 0.355 e. The Hall–Kier alpha value is -2.17. The van der Waals surface area contributed by atoms with Crippen molar-refractivity contribution in [2.45, 2.75) is 25.3 Å².